The van der Waals surface area contributed by atoms with E-state index < -0.39 is 0 Å². The van der Waals surface area contributed by atoms with E-state index in [1.165, 1.54) is 0 Å². The zero-order valence-corrected chi connectivity index (χ0v) is 12.9. The van der Waals surface area contributed by atoms with Crippen molar-refractivity contribution < 1.29 is 14.3 Å². The summed E-state index contributed by atoms with van der Waals surface area (Å²) >= 11 is 0. The first-order chi connectivity index (χ1) is 10.5. The smallest absolute Gasteiger partial charge is 0.319 e. The van der Waals surface area contributed by atoms with Gasteiger partial charge in [0.2, 0.25) is 5.91 Å². The van der Waals surface area contributed by atoms with Crippen LogP contribution in [-0.4, -0.2) is 53.7 Å². The normalized spacial score (nSPS) is 21.3. The maximum Gasteiger partial charge on any atom is 0.319 e. The first-order valence-electron chi connectivity index (χ1n) is 7.42. The fourth-order valence-corrected chi connectivity index (χ4v) is 2.43. The maximum atomic E-state index is 12.1. The average Bonchev–Trinajstić information content (AvgIpc) is 2.47. The van der Waals surface area contributed by atoms with Crippen LogP contribution >= 0.6 is 0 Å². The van der Waals surface area contributed by atoms with Crippen molar-refractivity contribution in [2.24, 2.45) is 0 Å². The van der Waals surface area contributed by atoms with Crippen molar-refractivity contribution in [1.29, 1.82) is 0 Å². The van der Waals surface area contributed by atoms with Crippen molar-refractivity contribution in [2.75, 3.05) is 25.0 Å². The molecule has 0 aromatic carbocycles. The minimum atomic E-state index is -0.343. The summed E-state index contributed by atoms with van der Waals surface area (Å²) in [5, 5.41) is 5.32. The Labute approximate surface area is 130 Å². The molecule has 7 heteroatoms. The van der Waals surface area contributed by atoms with Gasteiger partial charge in [-0.15, -0.1) is 0 Å². The number of urea groups is 1. The number of morpholine rings is 1. The highest BCUT2D eigenvalue weighted by molar-refractivity contribution is 5.89. The van der Waals surface area contributed by atoms with Gasteiger partial charge in [-0.2, -0.15) is 0 Å². The van der Waals surface area contributed by atoms with Crippen LogP contribution in [-0.2, 0) is 9.53 Å². The van der Waals surface area contributed by atoms with Gasteiger partial charge in [-0.3, -0.25) is 9.78 Å². The minimum Gasteiger partial charge on any atom is -0.372 e. The molecule has 0 spiro atoms. The van der Waals surface area contributed by atoms with E-state index in [4.69, 9.17) is 4.74 Å². The number of nitrogens with one attached hydrogen (secondary N) is 2. The van der Waals surface area contributed by atoms with Crippen molar-refractivity contribution in [3.05, 3.63) is 24.5 Å². The molecule has 2 atom stereocenters. The van der Waals surface area contributed by atoms with Crippen molar-refractivity contribution in [1.82, 2.24) is 15.2 Å². The number of nitrogens with zero attached hydrogens (tertiary/aromatic N) is 2. The van der Waals surface area contributed by atoms with E-state index in [1.807, 2.05) is 13.8 Å². The van der Waals surface area contributed by atoms with Gasteiger partial charge in [0.15, 0.2) is 0 Å². The molecular formula is C15H22N4O3. The summed E-state index contributed by atoms with van der Waals surface area (Å²) < 4.78 is 5.60. The highest BCUT2D eigenvalue weighted by Gasteiger charge is 2.25. The monoisotopic (exact) mass is 306 g/mol. The minimum absolute atomic E-state index is 0.0312. The lowest BCUT2D eigenvalue weighted by Crippen LogP contribution is -2.48. The zero-order chi connectivity index (χ0) is 15.9. The van der Waals surface area contributed by atoms with Crippen LogP contribution in [0.4, 0.5) is 10.5 Å². The van der Waals surface area contributed by atoms with Gasteiger partial charge in [-0.25, -0.2) is 4.79 Å². The van der Waals surface area contributed by atoms with Crippen LogP contribution in [0.5, 0.6) is 0 Å². The Kier molecular flexibility index (Phi) is 5.71. The van der Waals surface area contributed by atoms with Gasteiger partial charge in [0.05, 0.1) is 24.1 Å². The summed E-state index contributed by atoms with van der Waals surface area (Å²) in [6, 6.07) is 3.14. The molecule has 2 heterocycles. The number of aromatic nitrogens is 1. The number of anilines is 1. The first kappa shape index (κ1) is 16.2. The molecule has 2 N–H and O–H groups in total. The lowest BCUT2D eigenvalue weighted by molar-refractivity contribution is -0.143. The fraction of sp³-hybridized carbons (Fsp3) is 0.533. The fourth-order valence-electron chi connectivity index (χ4n) is 2.43. The Hall–Kier alpha value is -2.15. The Morgan fingerprint density at radius 1 is 1.36 bits per heavy atom. The highest BCUT2D eigenvalue weighted by Crippen LogP contribution is 2.11. The standard InChI is InChI=1S/C15H22N4O3/c1-11-9-19(10-12(2)22-11)14(20)5-7-17-15(21)18-13-4-3-6-16-8-13/h3-4,6,8,11-12H,5,7,9-10H2,1-2H3,(H2,17,18,21). The van der Waals surface area contributed by atoms with Crippen LogP contribution in [0.1, 0.15) is 20.3 Å². The summed E-state index contributed by atoms with van der Waals surface area (Å²) in [5.41, 5.74) is 0.613. The number of hydrogen-bond donors (Lipinski definition) is 2. The Bertz CT molecular complexity index is 499. The van der Waals surface area contributed by atoms with Gasteiger partial charge in [-0.1, -0.05) is 0 Å². The van der Waals surface area contributed by atoms with Crippen LogP contribution < -0.4 is 10.6 Å². The summed E-state index contributed by atoms with van der Waals surface area (Å²) in [7, 11) is 0. The summed E-state index contributed by atoms with van der Waals surface area (Å²) in [6.07, 6.45) is 3.57. The molecule has 1 fully saturated rings. The first-order valence-corrected chi connectivity index (χ1v) is 7.42. The molecule has 1 aromatic heterocycles. The lowest BCUT2D eigenvalue weighted by atomic mass is 10.2. The molecule has 0 saturated carbocycles. The third kappa shape index (κ3) is 5.00. The van der Waals surface area contributed by atoms with E-state index in [1.54, 1.807) is 29.4 Å². The number of pyridine rings is 1. The van der Waals surface area contributed by atoms with Gasteiger partial charge in [0.25, 0.3) is 0 Å². The molecule has 2 rings (SSSR count). The summed E-state index contributed by atoms with van der Waals surface area (Å²) in [5.74, 6) is 0.0312. The van der Waals surface area contributed by atoms with E-state index in [-0.39, 0.29) is 30.6 Å². The Morgan fingerprint density at radius 3 is 2.73 bits per heavy atom. The Morgan fingerprint density at radius 2 is 2.09 bits per heavy atom. The quantitative estimate of drug-likeness (QED) is 0.876. The van der Waals surface area contributed by atoms with Crippen LogP contribution in [0.25, 0.3) is 0 Å². The lowest BCUT2D eigenvalue weighted by Gasteiger charge is -2.35. The van der Waals surface area contributed by atoms with E-state index in [0.717, 1.165) is 0 Å². The van der Waals surface area contributed by atoms with E-state index in [2.05, 4.69) is 15.6 Å². The number of carbonyl (C=O) groups is 2. The molecule has 2 unspecified atom stereocenters. The van der Waals surface area contributed by atoms with Crippen molar-refractivity contribution in [3.63, 3.8) is 0 Å². The molecule has 1 aliphatic rings. The molecule has 120 valence electrons. The van der Waals surface area contributed by atoms with Gasteiger partial charge in [-0.05, 0) is 26.0 Å². The van der Waals surface area contributed by atoms with E-state index in [9.17, 15) is 9.59 Å². The average molecular weight is 306 g/mol. The zero-order valence-electron chi connectivity index (χ0n) is 12.9. The molecule has 0 radical (unpaired) electrons. The van der Waals surface area contributed by atoms with Gasteiger partial charge in [0.1, 0.15) is 0 Å². The van der Waals surface area contributed by atoms with E-state index >= 15 is 0 Å². The van der Waals surface area contributed by atoms with Crippen LogP contribution in [0.3, 0.4) is 0 Å². The number of ether oxygens (including phenoxy) is 1. The highest BCUT2D eigenvalue weighted by atomic mass is 16.5. The SMILES string of the molecule is CC1CN(C(=O)CCNC(=O)Nc2cccnc2)CC(C)O1. The molecular weight excluding hydrogens is 284 g/mol. The summed E-state index contributed by atoms with van der Waals surface area (Å²) in [4.78, 5) is 29.5. The van der Waals surface area contributed by atoms with Crippen LogP contribution in [0, 0.1) is 0 Å². The topological polar surface area (TPSA) is 83.6 Å². The van der Waals surface area contributed by atoms with Crippen molar-refractivity contribution in [2.45, 2.75) is 32.5 Å². The third-order valence-corrected chi connectivity index (χ3v) is 3.32. The molecule has 3 amide bonds. The Balaban J connectivity index is 1.69. The van der Waals surface area contributed by atoms with Crippen LogP contribution in [0.2, 0.25) is 0 Å². The number of carbonyl (C=O) groups excluding carboxylic acids is 2. The van der Waals surface area contributed by atoms with Gasteiger partial charge >= 0.3 is 6.03 Å². The predicted octanol–water partition coefficient (Wildman–Crippen LogP) is 1.23. The van der Waals surface area contributed by atoms with Crippen LogP contribution in [0.15, 0.2) is 24.5 Å². The van der Waals surface area contributed by atoms with E-state index in [0.29, 0.717) is 25.3 Å². The second-order valence-corrected chi connectivity index (χ2v) is 5.43. The molecule has 1 saturated heterocycles. The van der Waals surface area contributed by atoms with Gasteiger partial charge in [0, 0.05) is 32.3 Å². The molecule has 0 bridgehead atoms. The van der Waals surface area contributed by atoms with Gasteiger partial charge < -0.3 is 20.3 Å². The molecule has 1 aliphatic heterocycles. The molecule has 0 aliphatic carbocycles. The molecule has 7 nitrogen and oxygen atoms in total. The molecule has 1 aromatic rings. The maximum absolute atomic E-state index is 12.1. The number of amides is 3. The second kappa shape index (κ2) is 7.74. The van der Waals surface area contributed by atoms with Crippen molar-refractivity contribution >= 4 is 17.6 Å². The third-order valence-electron chi connectivity index (χ3n) is 3.32. The number of rotatable bonds is 4. The largest absolute Gasteiger partial charge is 0.372 e. The van der Waals surface area contributed by atoms with Crippen molar-refractivity contribution in [3.8, 4) is 0 Å². The predicted molar refractivity (Wildman–Crippen MR) is 82.5 cm³/mol. The second-order valence-electron chi connectivity index (χ2n) is 5.43. The molecule has 22 heavy (non-hydrogen) atoms. The number of hydrogen-bond acceptors (Lipinski definition) is 4. The summed E-state index contributed by atoms with van der Waals surface area (Å²) in [6.45, 7) is 5.41.